The van der Waals surface area contributed by atoms with Gasteiger partial charge in [-0.15, -0.1) is 0 Å². The lowest BCUT2D eigenvalue weighted by Crippen LogP contribution is -2.21. The minimum Gasteiger partial charge on any atom is -0.507 e. The third-order valence-electron chi connectivity index (χ3n) is 5.95. The number of carbonyl (C=O) groups excluding carboxylic acids is 1. The number of amides is 1. The van der Waals surface area contributed by atoms with Crippen LogP contribution in [-0.4, -0.2) is 45.6 Å². The number of phenols is 1. The van der Waals surface area contributed by atoms with Gasteiger partial charge in [0.2, 0.25) is 0 Å². The summed E-state index contributed by atoms with van der Waals surface area (Å²) in [7, 11) is 0. The molecule has 0 aliphatic rings. The molecule has 0 unspecified atom stereocenters. The molecule has 3 aromatic carbocycles. The zero-order valence-electron chi connectivity index (χ0n) is 20.8. The number of hydrazone groups is 1. The first-order valence-corrected chi connectivity index (χ1v) is 13.0. The average molecular weight is 502 g/mol. The van der Waals surface area contributed by atoms with Crippen LogP contribution in [0.5, 0.6) is 5.75 Å². The number of nitrogens with zero attached hydrogens (tertiary/aromatic N) is 4. The Morgan fingerprint density at radius 1 is 1.11 bits per heavy atom. The second-order valence-corrected chi connectivity index (χ2v) is 9.39. The van der Waals surface area contributed by atoms with Crippen LogP contribution in [0.15, 0.2) is 77.0 Å². The zero-order valence-corrected chi connectivity index (χ0v) is 21.6. The number of thioether (sulfide) groups is 1. The van der Waals surface area contributed by atoms with Crippen LogP contribution >= 0.6 is 11.8 Å². The number of aromatic nitrogens is 2. The molecule has 4 rings (SSSR count). The van der Waals surface area contributed by atoms with Gasteiger partial charge in [-0.3, -0.25) is 4.79 Å². The Balaban J connectivity index is 1.40. The van der Waals surface area contributed by atoms with Crippen LogP contribution in [0.25, 0.3) is 11.0 Å². The molecule has 0 saturated carbocycles. The van der Waals surface area contributed by atoms with E-state index < -0.39 is 0 Å². The number of aromatic hydroxyl groups is 1. The number of para-hydroxylation sites is 2. The predicted octanol–water partition coefficient (Wildman–Crippen LogP) is 5.19. The third kappa shape index (κ3) is 6.07. The molecule has 2 N–H and O–H groups in total. The highest BCUT2D eigenvalue weighted by atomic mass is 32.2. The fourth-order valence-electron chi connectivity index (χ4n) is 3.96. The lowest BCUT2D eigenvalue weighted by Gasteiger charge is -2.21. The molecular weight excluding hydrogens is 470 g/mol. The second kappa shape index (κ2) is 11.8. The molecule has 0 spiro atoms. The Bertz CT molecular complexity index is 1360. The zero-order chi connectivity index (χ0) is 25.5. The van der Waals surface area contributed by atoms with Crippen molar-refractivity contribution in [1.82, 2.24) is 15.0 Å². The largest absolute Gasteiger partial charge is 0.507 e. The van der Waals surface area contributed by atoms with E-state index in [4.69, 9.17) is 4.98 Å². The highest BCUT2D eigenvalue weighted by Gasteiger charge is 2.13. The highest BCUT2D eigenvalue weighted by Crippen LogP contribution is 2.26. The van der Waals surface area contributed by atoms with Gasteiger partial charge in [0.15, 0.2) is 5.16 Å². The Kier molecular flexibility index (Phi) is 8.28. The quantitative estimate of drug-likeness (QED) is 0.178. The van der Waals surface area contributed by atoms with Crippen LogP contribution in [0.2, 0.25) is 0 Å². The van der Waals surface area contributed by atoms with Gasteiger partial charge in [-0.2, -0.15) is 5.10 Å². The predicted molar refractivity (Wildman–Crippen MR) is 148 cm³/mol. The highest BCUT2D eigenvalue weighted by molar-refractivity contribution is 7.99. The molecule has 4 aromatic rings. The van der Waals surface area contributed by atoms with Crippen LogP contribution < -0.4 is 10.3 Å². The summed E-state index contributed by atoms with van der Waals surface area (Å²) in [5.74, 6) is 0.0441. The summed E-state index contributed by atoms with van der Waals surface area (Å²) in [5.41, 5.74) is 8.35. The number of phenolic OH excluding ortho intramolecular Hbond substituents is 1. The van der Waals surface area contributed by atoms with E-state index in [-0.39, 0.29) is 17.4 Å². The van der Waals surface area contributed by atoms with E-state index in [1.807, 2.05) is 30.3 Å². The van der Waals surface area contributed by atoms with E-state index in [0.717, 1.165) is 35.0 Å². The first kappa shape index (κ1) is 25.3. The molecule has 0 atom stereocenters. The summed E-state index contributed by atoms with van der Waals surface area (Å²) in [6.07, 6.45) is 1.45. The van der Waals surface area contributed by atoms with E-state index >= 15 is 0 Å². The van der Waals surface area contributed by atoms with Crippen molar-refractivity contribution in [2.24, 2.45) is 5.10 Å². The molecule has 1 amide bonds. The maximum absolute atomic E-state index is 12.5. The van der Waals surface area contributed by atoms with E-state index in [0.29, 0.717) is 12.1 Å². The van der Waals surface area contributed by atoms with Crippen LogP contribution in [-0.2, 0) is 11.3 Å². The first-order valence-electron chi connectivity index (χ1n) is 12.0. The number of fused-ring (bicyclic) bond motifs is 1. The number of imidazole rings is 1. The smallest absolute Gasteiger partial charge is 0.250 e. The molecule has 1 aromatic heterocycles. The molecule has 0 radical (unpaired) electrons. The second-order valence-electron chi connectivity index (χ2n) is 8.45. The summed E-state index contributed by atoms with van der Waals surface area (Å²) >= 11 is 1.37. The Labute approximate surface area is 215 Å². The molecule has 0 saturated heterocycles. The molecule has 186 valence electrons. The summed E-state index contributed by atoms with van der Waals surface area (Å²) < 4.78 is 2.14. The third-order valence-corrected chi connectivity index (χ3v) is 6.93. The molecule has 8 heteroatoms. The number of carbonyl (C=O) groups is 1. The Morgan fingerprint density at radius 2 is 1.86 bits per heavy atom. The fourth-order valence-corrected chi connectivity index (χ4v) is 4.76. The maximum atomic E-state index is 12.5. The van der Waals surface area contributed by atoms with Gasteiger partial charge >= 0.3 is 0 Å². The number of nitrogens with one attached hydrogen (secondary N) is 1. The summed E-state index contributed by atoms with van der Waals surface area (Å²) in [6, 6.07) is 21.9. The fraction of sp³-hybridized carbons (Fsp3) is 0.250. The van der Waals surface area contributed by atoms with Crippen molar-refractivity contribution in [2.45, 2.75) is 32.5 Å². The lowest BCUT2D eigenvalue weighted by molar-refractivity contribution is -0.118. The van der Waals surface area contributed by atoms with Crippen LogP contribution in [0, 0.1) is 6.92 Å². The van der Waals surface area contributed by atoms with Gasteiger partial charge < -0.3 is 14.6 Å². The molecular formula is C28H31N5O2S. The number of rotatable bonds is 10. The van der Waals surface area contributed by atoms with Gasteiger partial charge in [0.1, 0.15) is 5.75 Å². The van der Waals surface area contributed by atoms with Crippen molar-refractivity contribution in [2.75, 3.05) is 23.7 Å². The standard InChI is InChI=1S/C28H31N5O2S/c1-4-32(5-2)23-15-14-22(26(34)16-23)17-29-31-27(35)19-36-28-30-24-8-6-7-9-25(24)33(28)18-21-12-10-20(3)11-13-21/h6-17,34H,4-5,18-19H2,1-3H3,(H,31,35)/b29-17+. The molecule has 0 aliphatic carbocycles. The van der Waals surface area contributed by atoms with Crippen LogP contribution in [0.1, 0.15) is 30.5 Å². The van der Waals surface area contributed by atoms with E-state index in [1.54, 1.807) is 12.1 Å². The van der Waals surface area contributed by atoms with Gasteiger partial charge in [0, 0.05) is 30.4 Å². The summed E-state index contributed by atoms with van der Waals surface area (Å²) in [6.45, 7) is 8.60. The first-order chi connectivity index (χ1) is 17.5. The van der Waals surface area contributed by atoms with Crippen molar-refractivity contribution in [3.8, 4) is 5.75 Å². The van der Waals surface area contributed by atoms with Gasteiger partial charge in [0.05, 0.1) is 29.5 Å². The van der Waals surface area contributed by atoms with Gasteiger partial charge in [-0.25, -0.2) is 10.4 Å². The van der Waals surface area contributed by atoms with Crippen molar-refractivity contribution in [3.63, 3.8) is 0 Å². The normalized spacial score (nSPS) is 11.3. The molecule has 36 heavy (non-hydrogen) atoms. The summed E-state index contributed by atoms with van der Waals surface area (Å²) in [5, 5.41) is 15.1. The molecule has 7 nitrogen and oxygen atoms in total. The van der Waals surface area contributed by atoms with E-state index in [9.17, 15) is 9.90 Å². The van der Waals surface area contributed by atoms with Crippen molar-refractivity contribution < 1.29 is 9.90 Å². The van der Waals surface area contributed by atoms with Crippen molar-refractivity contribution in [1.29, 1.82) is 0 Å². The number of hydrogen-bond acceptors (Lipinski definition) is 6. The van der Waals surface area contributed by atoms with Crippen molar-refractivity contribution in [3.05, 3.63) is 83.4 Å². The average Bonchev–Trinajstić information content (AvgIpc) is 3.23. The molecule has 0 bridgehead atoms. The Morgan fingerprint density at radius 3 is 2.58 bits per heavy atom. The lowest BCUT2D eigenvalue weighted by atomic mass is 10.1. The molecule has 1 heterocycles. The number of anilines is 1. The van der Waals surface area contributed by atoms with E-state index in [1.165, 1.54) is 29.1 Å². The van der Waals surface area contributed by atoms with Gasteiger partial charge in [-0.1, -0.05) is 53.7 Å². The van der Waals surface area contributed by atoms with Crippen LogP contribution in [0.4, 0.5) is 5.69 Å². The summed E-state index contributed by atoms with van der Waals surface area (Å²) in [4.78, 5) is 19.4. The minimum atomic E-state index is -0.246. The van der Waals surface area contributed by atoms with Crippen molar-refractivity contribution >= 4 is 40.6 Å². The number of hydrogen-bond donors (Lipinski definition) is 2. The molecule has 0 aliphatic heterocycles. The SMILES string of the molecule is CCN(CC)c1ccc(/C=N/NC(=O)CSc2nc3ccccc3n2Cc2ccc(C)cc2)c(O)c1. The Hall–Kier alpha value is -3.78. The molecule has 0 fully saturated rings. The van der Waals surface area contributed by atoms with Gasteiger partial charge in [0.25, 0.3) is 5.91 Å². The monoisotopic (exact) mass is 501 g/mol. The number of aryl methyl sites for hydroxylation is 1. The maximum Gasteiger partial charge on any atom is 0.250 e. The minimum absolute atomic E-state index is 0.122. The van der Waals surface area contributed by atoms with Gasteiger partial charge in [-0.05, 0) is 50.6 Å². The van der Waals surface area contributed by atoms with E-state index in [2.05, 4.69) is 65.0 Å². The van der Waals surface area contributed by atoms with Crippen LogP contribution in [0.3, 0.4) is 0 Å². The number of benzene rings is 3. The topological polar surface area (TPSA) is 82.8 Å².